The fourth-order valence-corrected chi connectivity index (χ4v) is 5.45. The summed E-state index contributed by atoms with van der Waals surface area (Å²) in [6, 6.07) is 0. The first-order valence-corrected chi connectivity index (χ1v) is 15.3. The molecule has 0 bridgehead atoms. The van der Waals surface area contributed by atoms with Crippen LogP contribution >= 0.6 is 0 Å². The third-order valence-corrected chi connectivity index (χ3v) is 8.33. The van der Waals surface area contributed by atoms with Gasteiger partial charge in [-0.05, 0) is 87.5 Å². The Kier molecular flexibility index (Phi) is 13.1. The summed E-state index contributed by atoms with van der Waals surface area (Å²) in [5.41, 5.74) is 7.99. The highest BCUT2D eigenvalue weighted by Crippen LogP contribution is 2.40. The van der Waals surface area contributed by atoms with Crippen LogP contribution in [0, 0.1) is 10.8 Å². The normalized spacial score (nSPS) is 23.1. The molecule has 0 radical (unpaired) electrons. The highest BCUT2D eigenvalue weighted by molar-refractivity contribution is 6.00. The second kappa shape index (κ2) is 15.8. The molecule has 2 rings (SSSR count). The van der Waals surface area contributed by atoms with Crippen LogP contribution < -0.4 is 0 Å². The topological polar surface area (TPSA) is 54.4 Å². The monoisotopic (exact) mass is 580 g/mol. The lowest BCUT2D eigenvalue weighted by molar-refractivity contribution is -0.125. The molecule has 0 saturated heterocycles. The van der Waals surface area contributed by atoms with E-state index in [9.17, 15) is 14.7 Å². The Morgan fingerprint density at radius 3 is 1.56 bits per heavy atom. The van der Waals surface area contributed by atoms with Crippen molar-refractivity contribution in [1.29, 1.82) is 0 Å². The fraction of sp³-hybridized carbons (Fsp3) is 0.400. The van der Waals surface area contributed by atoms with Gasteiger partial charge in [0.1, 0.15) is 6.10 Å². The summed E-state index contributed by atoms with van der Waals surface area (Å²) in [6.45, 7) is 20.6. The summed E-state index contributed by atoms with van der Waals surface area (Å²) >= 11 is 0. The van der Waals surface area contributed by atoms with Gasteiger partial charge in [0.25, 0.3) is 0 Å². The van der Waals surface area contributed by atoms with Crippen molar-refractivity contribution in [1.82, 2.24) is 0 Å². The minimum Gasteiger partial charge on any atom is -0.385 e. The van der Waals surface area contributed by atoms with Crippen LogP contribution in [0.25, 0.3) is 0 Å². The van der Waals surface area contributed by atoms with Crippen LogP contribution in [0.15, 0.2) is 130 Å². The number of hydrogen-bond acceptors (Lipinski definition) is 3. The van der Waals surface area contributed by atoms with Crippen LogP contribution in [0.1, 0.15) is 88.5 Å². The van der Waals surface area contributed by atoms with Crippen molar-refractivity contribution in [3.8, 4) is 0 Å². The maximum Gasteiger partial charge on any atom is 0.187 e. The zero-order valence-electron chi connectivity index (χ0n) is 28.0. The molecule has 0 aromatic carbocycles. The molecule has 0 aliphatic heterocycles. The summed E-state index contributed by atoms with van der Waals surface area (Å²) in [4.78, 5) is 24.4. The van der Waals surface area contributed by atoms with E-state index in [1.807, 2.05) is 50.3 Å². The third-order valence-electron chi connectivity index (χ3n) is 8.33. The average molecular weight is 581 g/mol. The van der Waals surface area contributed by atoms with Gasteiger partial charge in [-0.1, -0.05) is 135 Å². The minimum absolute atomic E-state index is 0.0331. The van der Waals surface area contributed by atoms with Gasteiger partial charge < -0.3 is 5.11 Å². The van der Waals surface area contributed by atoms with Gasteiger partial charge in [-0.25, -0.2) is 0 Å². The first kappa shape index (κ1) is 35.6. The predicted molar refractivity (Wildman–Crippen MR) is 184 cm³/mol. The van der Waals surface area contributed by atoms with Gasteiger partial charge in [0, 0.05) is 6.42 Å². The quantitative estimate of drug-likeness (QED) is 0.262. The third kappa shape index (κ3) is 10.9. The molecule has 1 atom stereocenters. The smallest absolute Gasteiger partial charge is 0.187 e. The Labute approximate surface area is 260 Å². The molecule has 0 saturated carbocycles. The number of carbonyl (C=O) groups excluding carboxylic acids is 2. The number of allylic oxidation sites excluding steroid dienone is 21. The molecule has 3 nitrogen and oxygen atoms in total. The van der Waals surface area contributed by atoms with E-state index in [1.165, 1.54) is 0 Å². The molecule has 0 heterocycles. The van der Waals surface area contributed by atoms with Crippen molar-refractivity contribution in [2.75, 3.05) is 0 Å². The van der Waals surface area contributed by atoms with E-state index < -0.39 is 6.10 Å². The molecular weight excluding hydrogens is 528 g/mol. The Hall–Kier alpha value is -3.56. The van der Waals surface area contributed by atoms with E-state index >= 15 is 0 Å². The summed E-state index contributed by atoms with van der Waals surface area (Å²) < 4.78 is 0. The number of hydrogen-bond donors (Lipinski definition) is 1. The highest BCUT2D eigenvalue weighted by Gasteiger charge is 2.36. The zero-order chi connectivity index (χ0) is 32.4. The second-order valence-corrected chi connectivity index (χ2v) is 13.3. The summed E-state index contributed by atoms with van der Waals surface area (Å²) in [5, 5.41) is 10.0. The Balaban J connectivity index is 1.94. The molecule has 3 heteroatoms. The van der Waals surface area contributed by atoms with Gasteiger partial charge in [0.15, 0.2) is 11.6 Å². The molecule has 1 N–H and O–H groups in total. The van der Waals surface area contributed by atoms with E-state index in [4.69, 9.17) is 0 Å². The Bertz CT molecular complexity index is 1420. The molecule has 2 aliphatic rings. The van der Waals surface area contributed by atoms with Crippen molar-refractivity contribution in [2.24, 2.45) is 10.8 Å². The predicted octanol–water partition coefficient (Wildman–Crippen LogP) is 9.93. The van der Waals surface area contributed by atoms with Gasteiger partial charge in [0.05, 0.1) is 0 Å². The second-order valence-electron chi connectivity index (χ2n) is 13.3. The van der Waals surface area contributed by atoms with E-state index in [0.717, 1.165) is 45.4 Å². The molecule has 0 fully saturated rings. The minimum atomic E-state index is -0.900. The summed E-state index contributed by atoms with van der Waals surface area (Å²) in [7, 11) is 0. The molecule has 0 spiro atoms. The highest BCUT2D eigenvalue weighted by atomic mass is 16.3. The van der Waals surface area contributed by atoms with Crippen molar-refractivity contribution < 1.29 is 14.7 Å². The van der Waals surface area contributed by atoms with Crippen molar-refractivity contribution >= 4 is 11.6 Å². The number of rotatable bonds is 10. The first-order chi connectivity index (χ1) is 20.0. The van der Waals surface area contributed by atoms with Crippen LogP contribution in [0.5, 0.6) is 0 Å². The maximum atomic E-state index is 12.2. The number of ketones is 2. The zero-order valence-corrected chi connectivity index (χ0v) is 28.0. The molecule has 0 amide bonds. The van der Waals surface area contributed by atoms with Gasteiger partial charge in [-0.15, -0.1) is 0 Å². The van der Waals surface area contributed by atoms with Crippen molar-refractivity contribution in [3.63, 3.8) is 0 Å². The molecule has 0 aromatic rings. The lowest BCUT2D eigenvalue weighted by Gasteiger charge is -2.34. The number of aliphatic hydroxyl groups is 1. The summed E-state index contributed by atoms with van der Waals surface area (Å²) in [6.07, 6.45) is 29.9. The fourth-order valence-electron chi connectivity index (χ4n) is 5.45. The summed E-state index contributed by atoms with van der Waals surface area (Å²) in [5.74, 6) is 0.0963. The standard InChI is InChI=1S/C40H52O3/c1-28(17-13-19-30(3)21-23-34-32(5)36(41)25-26-39(34,7)8)15-11-12-16-29(2)18-14-20-31(4)22-24-35-33(6)38(43)37(42)27-40(35,9)10/h11-24,37,42H,25-27H2,1-10H3/b12-11+,17-13+,18-14+,23-21+,24-22+,28-15+,29-16+,30-19+,31-20+/t37-/m0/s1. The molecule has 2 aliphatic carbocycles. The van der Waals surface area contributed by atoms with Crippen LogP contribution in [0.2, 0.25) is 0 Å². The largest absolute Gasteiger partial charge is 0.385 e. The van der Waals surface area contributed by atoms with Crippen LogP contribution in [-0.4, -0.2) is 22.8 Å². The van der Waals surface area contributed by atoms with Gasteiger partial charge >= 0.3 is 0 Å². The first-order valence-electron chi connectivity index (χ1n) is 15.3. The van der Waals surface area contributed by atoms with Crippen LogP contribution in [-0.2, 0) is 9.59 Å². The average Bonchev–Trinajstić information content (AvgIpc) is 2.91. The molecule has 230 valence electrons. The van der Waals surface area contributed by atoms with Gasteiger partial charge in [-0.3, -0.25) is 9.59 Å². The Morgan fingerprint density at radius 1 is 0.651 bits per heavy atom. The number of aliphatic hydroxyl groups excluding tert-OH is 1. The molecule has 0 unspecified atom stereocenters. The van der Waals surface area contributed by atoms with Gasteiger partial charge in [0.2, 0.25) is 0 Å². The number of Topliss-reactive ketones (excluding diaryl/α,β-unsaturated/α-hetero) is 2. The van der Waals surface area contributed by atoms with Crippen LogP contribution in [0.4, 0.5) is 0 Å². The molecular formula is C40H52O3. The SMILES string of the molecule is CC1=C(/C=C/C(C)=C/C=C/C(C)=C/C=C/C=C(C)/C=C/C=C(C)/C=C/C2=C(C)C(=O)[C@@H](O)CC2(C)C)C(C)(C)CCC1=O. The van der Waals surface area contributed by atoms with E-state index in [0.29, 0.717) is 18.4 Å². The lowest BCUT2D eigenvalue weighted by atomic mass is 9.71. The molecule has 43 heavy (non-hydrogen) atoms. The molecule has 0 aromatic heterocycles. The lowest BCUT2D eigenvalue weighted by Crippen LogP contribution is -2.35. The van der Waals surface area contributed by atoms with Crippen molar-refractivity contribution in [2.45, 2.75) is 94.6 Å². The van der Waals surface area contributed by atoms with Gasteiger partial charge in [-0.2, -0.15) is 0 Å². The van der Waals surface area contributed by atoms with E-state index in [2.05, 4.69) is 97.1 Å². The number of carbonyl (C=O) groups is 2. The van der Waals surface area contributed by atoms with E-state index in [1.54, 1.807) is 6.92 Å². The van der Waals surface area contributed by atoms with Crippen molar-refractivity contribution in [3.05, 3.63) is 130 Å². The van der Waals surface area contributed by atoms with Crippen LogP contribution in [0.3, 0.4) is 0 Å². The Morgan fingerprint density at radius 2 is 1.07 bits per heavy atom. The maximum absolute atomic E-state index is 12.2. The van der Waals surface area contributed by atoms with E-state index in [-0.39, 0.29) is 22.4 Å².